The van der Waals surface area contributed by atoms with E-state index in [1.165, 1.54) is 0 Å². The molecule has 0 aliphatic heterocycles. The van der Waals surface area contributed by atoms with Gasteiger partial charge in [0, 0.05) is 12.2 Å². The van der Waals surface area contributed by atoms with E-state index in [1.807, 2.05) is 64.1 Å². The molecule has 116 valence electrons. The number of nitrogens with zero attached hydrogens (tertiary/aromatic N) is 1. The average molecular weight is 297 g/mol. The molecule has 0 fully saturated rings. The van der Waals surface area contributed by atoms with Gasteiger partial charge in [-0.05, 0) is 68.7 Å². The maximum absolute atomic E-state index is 12.4. The van der Waals surface area contributed by atoms with E-state index in [0.717, 1.165) is 28.1 Å². The number of likely N-dealkylation sites (N-methyl/N-ethyl adjacent to an activating group) is 1. The quantitative estimate of drug-likeness (QED) is 0.833. The highest BCUT2D eigenvalue weighted by molar-refractivity contribution is 5.94. The van der Waals surface area contributed by atoms with Crippen LogP contribution in [0.5, 0.6) is 5.75 Å². The first kappa shape index (κ1) is 16.1. The second-order valence-electron chi connectivity index (χ2n) is 5.59. The summed E-state index contributed by atoms with van der Waals surface area (Å²) < 4.78 is 5.67. The summed E-state index contributed by atoms with van der Waals surface area (Å²) in [4.78, 5) is 14.2. The molecular formula is C19H23NO2. The van der Waals surface area contributed by atoms with Gasteiger partial charge in [0.05, 0.1) is 0 Å². The molecule has 0 saturated carbocycles. The van der Waals surface area contributed by atoms with E-state index in [0.29, 0.717) is 6.54 Å². The van der Waals surface area contributed by atoms with E-state index in [-0.39, 0.29) is 12.5 Å². The lowest BCUT2D eigenvalue weighted by Crippen LogP contribution is -2.34. The van der Waals surface area contributed by atoms with Crippen LogP contribution >= 0.6 is 0 Å². The van der Waals surface area contributed by atoms with Gasteiger partial charge in [0.2, 0.25) is 0 Å². The number of amides is 1. The number of carbonyl (C=O) groups is 1. The first-order valence-electron chi connectivity index (χ1n) is 7.57. The molecule has 0 heterocycles. The van der Waals surface area contributed by atoms with Gasteiger partial charge in [0.15, 0.2) is 6.61 Å². The normalized spacial score (nSPS) is 10.4. The summed E-state index contributed by atoms with van der Waals surface area (Å²) in [6, 6.07) is 13.9. The first-order chi connectivity index (χ1) is 10.5. The highest BCUT2D eigenvalue weighted by Gasteiger charge is 2.14. The number of rotatable bonds is 5. The fourth-order valence-electron chi connectivity index (χ4n) is 2.54. The van der Waals surface area contributed by atoms with Crippen molar-refractivity contribution in [3.05, 3.63) is 59.2 Å². The van der Waals surface area contributed by atoms with Crippen molar-refractivity contribution < 1.29 is 9.53 Å². The Balaban J connectivity index is 2.06. The zero-order valence-electron chi connectivity index (χ0n) is 13.7. The number of ether oxygens (including phenoxy) is 1. The molecule has 2 rings (SSSR count). The molecule has 0 bridgehead atoms. The molecule has 0 aromatic heterocycles. The van der Waals surface area contributed by atoms with Gasteiger partial charge in [-0.1, -0.05) is 18.2 Å². The molecule has 22 heavy (non-hydrogen) atoms. The molecule has 0 spiro atoms. The first-order valence-corrected chi connectivity index (χ1v) is 7.57. The van der Waals surface area contributed by atoms with Crippen LogP contribution in [0, 0.1) is 20.8 Å². The minimum Gasteiger partial charge on any atom is -0.484 e. The monoisotopic (exact) mass is 297 g/mol. The van der Waals surface area contributed by atoms with Crippen LogP contribution in [-0.4, -0.2) is 19.1 Å². The van der Waals surface area contributed by atoms with Crippen LogP contribution in [0.3, 0.4) is 0 Å². The summed E-state index contributed by atoms with van der Waals surface area (Å²) in [6.45, 7) is 8.70. The van der Waals surface area contributed by atoms with Crippen molar-refractivity contribution >= 4 is 11.6 Å². The molecule has 0 N–H and O–H groups in total. The standard InChI is InChI=1S/C19H23NO2/c1-5-20(17-8-6-7-14(2)10-17)19(21)13-22-18-11-15(3)9-16(4)12-18/h6-12H,5,13H2,1-4H3. The van der Waals surface area contributed by atoms with E-state index in [2.05, 4.69) is 6.07 Å². The summed E-state index contributed by atoms with van der Waals surface area (Å²) in [5.74, 6) is 0.707. The van der Waals surface area contributed by atoms with Crippen LogP contribution in [-0.2, 0) is 4.79 Å². The zero-order valence-corrected chi connectivity index (χ0v) is 13.7. The predicted octanol–water partition coefficient (Wildman–Crippen LogP) is 4.04. The fraction of sp³-hybridized carbons (Fsp3) is 0.316. The number of hydrogen-bond donors (Lipinski definition) is 0. The van der Waals surface area contributed by atoms with Gasteiger partial charge < -0.3 is 9.64 Å². The number of carbonyl (C=O) groups excluding carboxylic acids is 1. The molecule has 0 radical (unpaired) electrons. The minimum absolute atomic E-state index is 0.0349. The van der Waals surface area contributed by atoms with Crippen molar-refractivity contribution in [1.29, 1.82) is 0 Å². The molecule has 0 atom stereocenters. The number of anilines is 1. The molecule has 3 heteroatoms. The van der Waals surface area contributed by atoms with Crippen molar-refractivity contribution in [3.8, 4) is 5.75 Å². The molecule has 2 aromatic rings. The van der Waals surface area contributed by atoms with Crippen molar-refractivity contribution in [2.75, 3.05) is 18.1 Å². The van der Waals surface area contributed by atoms with Gasteiger partial charge in [-0.15, -0.1) is 0 Å². The maximum Gasteiger partial charge on any atom is 0.264 e. The molecule has 0 aliphatic carbocycles. The summed E-state index contributed by atoms with van der Waals surface area (Å²) in [6.07, 6.45) is 0. The Morgan fingerprint density at radius 3 is 2.27 bits per heavy atom. The number of benzene rings is 2. The van der Waals surface area contributed by atoms with Crippen LogP contribution in [0.1, 0.15) is 23.6 Å². The summed E-state index contributed by atoms with van der Waals surface area (Å²) in [7, 11) is 0. The Morgan fingerprint density at radius 1 is 1.00 bits per heavy atom. The second kappa shape index (κ2) is 7.12. The van der Waals surface area contributed by atoms with E-state index in [1.54, 1.807) is 4.90 Å². The summed E-state index contributed by atoms with van der Waals surface area (Å²) >= 11 is 0. The highest BCUT2D eigenvalue weighted by Crippen LogP contribution is 2.18. The van der Waals surface area contributed by atoms with Gasteiger partial charge in [0.25, 0.3) is 5.91 Å². The van der Waals surface area contributed by atoms with Crippen molar-refractivity contribution in [1.82, 2.24) is 0 Å². The Morgan fingerprint density at radius 2 is 1.68 bits per heavy atom. The molecule has 2 aromatic carbocycles. The zero-order chi connectivity index (χ0) is 16.1. The van der Waals surface area contributed by atoms with Crippen molar-refractivity contribution in [3.63, 3.8) is 0 Å². The Bertz CT molecular complexity index is 644. The van der Waals surface area contributed by atoms with Crippen LogP contribution in [0.15, 0.2) is 42.5 Å². The van der Waals surface area contributed by atoms with Gasteiger partial charge in [-0.25, -0.2) is 0 Å². The van der Waals surface area contributed by atoms with Crippen LogP contribution in [0.2, 0.25) is 0 Å². The lowest BCUT2D eigenvalue weighted by Gasteiger charge is -2.21. The maximum atomic E-state index is 12.4. The van der Waals surface area contributed by atoms with Gasteiger partial charge in [-0.2, -0.15) is 0 Å². The van der Waals surface area contributed by atoms with E-state index < -0.39 is 0 Å². The average Bonchev–Trinajstić information content (AvgIpc) is 2.45. The van der Waals surface area contributed by atoms with Crippen LogP contribution in [0.4, 0.5) is 5.69 Å². The van der Waals surface area contributed by atoms with Gasteiger partial charge in [0.1, 0.15) is 5.75 Å². The molecule has 1 amide bonds. The number of aryl methyl sites for hydroxylation is 3. The van der Waals surface area contributed by atoms with E-state index in [9.17, 15) is 4.79 Å². The van der Waals surface area contributed by atoms with Gasteiger partial charge >= 0.3 is 0 Å². The highest BCUT2D eigenvalue weighted by atomic mass is 16.5. The topological polar surface area (TPSA) is 29.5 Å². The Labute approximate surface area is 132 Å². The van der Waals surface area contributed by atoms with E-state index >= 15 is 0 Å². The molecule has 0 saturated heterocycles. The third-order valence-corrected chi connectivity index (χ3v) is 3.49. The van der Waals surface area contributed by atoms with Crippen LogP contribution < -0.4 is 9.64 Å². The van der Waals surface area contributed by atoms with Gasteiger partial charge in [-0.3, -0.25) is 4.79 Å². The molecular weight excluding hydrogens is 274 g/mol. The van der Waals surface area contributed by atoms with Crippen molar-refractivity contribution in [2.24, 2.45) is 0 Å². The van der Waals surface area contributed by atoms with Crippen molar-refractivity contribution in [2.45, 2.75) is 27.7 Å². The largest absolute Gasteiger partial charge is 0.484 e. The molecule has 0 aliphatic rings. The smallest absolute Gasteiger partial charge is 0.264 e. The number of hydrogen-bond acceptors (Lipinski definition) is 2. The SMILES string of the molecule is CCN(C(=O)COc1cc(C)cc(C)c1)c1cccc(C)c1. The summed E-state index contributed by atoms with van der Waals surface area (Å²) in [5, 5.41) is 0. The lowest BCUT2D eigenvalue weighted by atomic mass is 10.1. The lowest BCUT2D eigenvalue weighted by molar-refractivity contribution is -0.120. The molecule has 3 nitrogen and oxygen atoms in total. The third-order valence-electron chi connectivity index (χ3n) is 3.49. The minimum atomic E-state index is -0.0349. The second-order valence-corrected chi connectivity index (χ2v) is 5.59. The Kier molecular flexibility index (Phi) is 5.21. The predicted molar refractivity (Wildman–Crippen MR) is 90.6 cm³/mol. The van der Waals surface area contributed by atoms with Crippen LogP contribution in [0.25, 0.3) is 0 Å². The molecule has 0 unspecified atom stereocenters. The third kappa shape index (κ3) is 4.10. The fourth-order valence-corrected chi connectivity index (χ4v) is 2.54. The summed E-state index contributed by atoms with van der Waals surface area (Å²) in [5.41, 5.74) is 4.32. The Hall–Kier alpha value is -2.29. The van der Waals surface area contributed by atoms with E-state index in [4.69, 9.17) is 4.74 Å².